The molecule has 0 nitrogen and oxygen atoms in total. The highest BCUT2D eigenvalue weighted by atomic mass is 14.3. The largest absolute Gasteiger partial charge is 0.0882 e. The molecule has 0 spiro atoms. The van der Waals surface area contributed by atoms with E-state index >= 15 is 0 Å². The molecule has 0 aromatic rings. The molecule has 0 unspecified atom stereocenters. The van der Waals surface area contributed by atoms with Gasteiger partial charge in [0.15, 0.2) is 0 Å². The van der Waals surface area contributed by atoms with E-state index < -0.39 is 0 Å². The molecule has 42 heavy (non-hydrogen) atoms. The molecule has 0 rings (SSSR count). The molecule has 0 N–H and O–H groups in total. The Kier molecular flexibility index (Phi) is 35.3. The Morgan fingerprint density at radius 1 is 0.381 bits per heavy atom. The summed E-state index contributed by atoms with van der Waals surface area (Å²) in [6.45, 7) is 12.0. The lowest BCUT2D eigenvalue weighted by Gasteiger charge is -2.31. The third kappa shape index (κ3) is 33.5. The van der Waals surface area contributed by atoms with Gasteiger partial charge in [0.2, 0.25) is 0 Å². The Balaban J connectivity index is 0. The molecule has 0 aliphatic rings. The van der Waals surface area contributed by atoms with Crippen molar-refractivity contribution in [1.29, 1.82) is 0 Å². The van der Waals surface area contributed by atoms with Crippen LogP contribution in [0.2, 0.25) is 0 Å². The molecule has 0 aromatic heterocycles. The van der Waals surface area contributed by atoms with Gasteiger partial charge < -0.3 is 0 Å². The lowest BCUT2D eigenvalue weighted by atomic mass is 9.75. The van der Waals surface area contributed by atoms with Crippen LogP contribution in [0, 0.1) is 11.3 Å². The summed E-state index contributed by atoms with van der Waals surface area (Å²) in [5, 5.41) is 0. The highest BCUT2D eigenvalue weighted by Crippen LogP contribution is 2.34. The van der Waals surface area contributed by atoms with E-state index in [0.29, 0.717) is 5.41 Å². The zero-order valence-corrected chi connectivity index (χ0v) is 29.1. The normalized spacial score (nSPS) is 12.6. The Morgan fingerprint density at radius 3 is 0.976 bits per heavy atom. The highest BCUT2D eigenvalue weighted by molar-refractivity contribution is 4.93. The van der Waals surface area contributed by atoms with Gasteiger partial charge in [-0.25, -0.2) is 0 Å². The van der Waals surface area contributed by atoms with Crippen molar-refractivity contribution >= 4 is 0 Å². The summed E-state index contributed by atoms with van der Waals surface area (Å²) in [4.78, 5) is 0. The first-order chi connectivity index (χ1) is 20.0. The summed E-state index contributed by atoms with van der Waals surface area (Å²) >= 11 is 0. The fourth-order valence-corrected chi connectivity index (χ4v) is 5.77. The minimum absolute atomic E-state index is 0. The van der Waals surface area contributed by atoms with E-state index in [2.05, 4.69) is 83.2 Å². The topological polar surface area (TPSA) is 0 Å². The lowest BCUT2D eigenvalue weighted by Crippen LogP contribution is -2.20. The van der Waals surface area contributed by atoms with Gasteiger partial charge >= 0.3 is 0 Å². The molecule has 248 valence electrons. The fraction of sp³-hybridized carbons (Fsp3) is 0.810. The minimum Gasteiger partial charge on any atom is -0.0882 e. The number of rotatable bonds is 30. The molecule has 0 atom stereocenters. The number of unbranched alkanes of at least 4 members (excludes halogenated alkanes) is 18. The van der Waals surface area contributed by atoms with Crippen molar-refractivity contribution in [3.05, 3.63) is 48.6 Å². The molecular weight excluding hydrogens is 504 g/mol. The van der Waals surface area contributed by atoms with Gasteiger partial charge in [0.05, 0.1) is 0 Å². The highest BCUT2D eigenvalue weighted by Gasteiger charge is 2.23. The van der Waals surface area contributed by atoms with Crippen LogP contribution in [0.3, 0.4) is 0 Å². The SMILES string of the molecule is C.CCCCC/C=C\C/C=C\CCCCCCCCC(CCCCCCCC/C=C\C/C=C\CCCCC)C(C)(C)C. The fourth-order valence-electron chi connectivity index (χ4n) is 5.77. The van der Waals surface area contributed by atoms with Crippen LogP contribution in [0.5, 0.6) is 0 Å². The summed E-state index contributed by atoms with van der Waals surface area (Å²) in [5.74, 6) is 0.902. The molecule has 0 saturated carbocycles. The zero-order chi connectivity index (χ0) is 30.1. The summed E-state index contributed by atoms with van der Waals surface area (Å²) in [7, 11) is 0. The van der Waals surface area contributed by atoms with Gasteiger partial charge in [-0.3, -0.25) is 0 Å². The average Bonchev–Trinajstić information content (AvgIpc) is 2.95. The van der Waals surface area contributed by atoms with Crippen LogP contribution in [0.25, 0.3) is 0 Å². The Bertz CT molecular complexity index is 562. The standard InChI is InChI=1S/C41H76.CH4/c1-6-8-10-12-14-16-18-20-22-24-26-28-30-32-34-36-38-40(41(3,4)5)39-37-35-33-31-29-27-25-23-21-19-17-15-13-11-9-7-2;/h14-17,20-23,40H,6-13,18-19,24-39H2,1-5H3;1H4/b16-14-,17-15-,22-20-,23-21-;. The van der Waals surface area contributed by atoms with Gasteiger partial charge in [0.25, 0.3) is 0 Å². The number of hydrogen-bond donors (Lipinski definition) is 0. The summed E-state index contributed by atoms with van der Waals surface area (Å²) in [6, 6.07) is 0. The molecule has 0 saturated heterocycles. The molecule has 0 aliphatic carbocycles. The van der Waals surface area contributed by atoms with Crippen LogP contribution in [-0.4, -0.2) is 0 Å². The first-order valence-corrected chi connectivity index (χ1v) is 18.6. The van der Waals surface area contributed by atoms with Gasteiger partial charge in [-0.05, 0) is 88.4 Å². The van der Waals surface area contributed by atoms with Crippen molar-refractivity contribution < 1.29 is 0 Å². The van der Waals surface area contributed by atoms with Gasteiger partial charge in [-0.1, -0.05) is 181 Å². The summed E-state index contributed by atoms with van der Waals surface area (Å²) in [5.41, 5.74) is 0.466. The Hall–Kier alpha value is -1.04. The van der Waals surface area contributed by atoms with Crippen molar-refractivity contribution in [1.82, 2.24) is 0 Å². The smallest absolute Gasteiger partial charge is 0.0169 e. The number of hydrogen-bond acceptors (Lipinski definition) is 0. The molecule has 0 amide bonds. The van der Waals surface area contributed by atoms with Crippen molar-refractivity contribution in [2.75, 3.05) is 0 Å². The molecular formula is C42H80. The number of allylic oxidation sites excluding steroid dienone is 8. The quantitative estimate of drug-likeness (QED) is 0.0582. The van der Waals surface area contributed by atoms with Gasteiger partial charge in [0.1, 0.15) is 0 Å². The van der Waals surface area contributed by atoms with Gasteiger partial charge in [0, 0.05) is 0 Å². The van der Waals surface area contributed by atoms with Crippen LogP contribution in [0.1, 0.15) is 209 Å². The summed E-state index contributed by atoms with van der Waals surface area (Å²) in [6.07, 6.45) is 54.2. The monoisotopic (exact) mass is 585 g/mol. The maximum Gasteiger partial charge on any atom is -0.0169 e. The van der Waals surface area contributed by atoms with Gasteiger partial charge in [-0.2, -0.15) is 0 Å². The maximum absolute atomic E-state index is 2.48. The lowest BCUT2D eigenvalue weighted by molar-refractivity contribution is 0.201. The predicted molar refractivity (Wildman–Crippen MR) is 198 cm³/mol. The molecule has 0 bridgehead atoms. The van der Waals surface area contributed by atoms with E-state index in [1.165, 1.54) is 154 Å². The van der Waals surface area contributed by atoms with Gasteiger partial charge in [-0.15, -0.1) is 0 Å². The second-order valence-electron chi connectivity index (χ2n) is 13.8. The molecule has 0 radical (unpaired) electrons. The third-order valence-electron chi connectivity index (χ3n) is 8.73. The predicted octanol–water partition coefficient (Wildman–Crippen LogP) is 15.7. The van der Waals surface area contributed by atoms with E-state index in [-0.39, 0.29) is 7.43 Å². The van der Waals surface area contributed by atoms with Crippen LogP contribution in [0.4, 0.5) is 0 Å². The molecule has 0 heteroatoms. The Morgan fingerprint density at radius 2 is 0.667 bits per heavy atom. The second-order valence-corrected chi connectivity index (χ2v) is 13.8. The van der Waals surface area contributed by atoms with Crippen molar-refractivity contribution in [2.45, 2.75) is 209 Å². The minimum atomic E-state index is 0. The van der Waals surface area contributed by atoms with Crippen LogP contribution < -0.4 is 0 Å². The van der Waals surface area contributed by atoms with E-state index in [9.17, 15) is 0 Å². The first-order valence-electron chi connectivity index (χ1n) is 18.6. The van der Waals surface area contributed by atoms with E-state index in [1.807, 2.05) is 0 Å². The zero-order valence-electron chi connectivity index (χ0n) is 29.1. The van der Waals surface area contributed by atoms with Crippen LogP contribution in [0.15, 0.2) is 48.6 Å². The van der Waals surface area contributed by atoms with Crippen molar-refractivity contribution in [2.24, 2.45) is 11.3 Å². The van der Waals surface area contributed by atoms with Crippen molar-refractivity contribution in [3.8, 4) is 0 Å². The summed E-state index contributed by atoms with van der Waals surface area (Å²) < 4.78 is 0. The average molecular weight is 585 g/mol. The van der Waals surface area contributed by atoms with Crippen LogP contribution in [-0.2, 0) is 0 Å². The third-order valence-corrected chi connectivity index (χ3v) is 8.73. The molecule has 0 aromatic carbocycles. The van der Waals surface area contributed by atoms with E-state index in [0.717, 1.165) is 18.8 Å². The second kappa shape index (κ2) is 34.5. The Labute approximate surface area is 268 Å². The van der Waals surface area contributed by atoms with E-state index in [1.54, 1.807) is 0 Å². The molecule has 0 heterocycles. The van der Waals surface area contributed by atoms with Crippen LogP contribution >= 0.6 is 0 Å². The van der Waals surface area contributed by atoms with Crippen molar-refractivity contribution in [3.63, 3.8) is 0 Å². The van der Waals surface area contributed by atoms with E-state index in [4.69, 9.17) is 0 Å². The molecule has 0 fully saturated rings. The molecule has 0 aliphatic heterocycles. The first kappa shape index (κ1) is 43.1. The maximum atomic E-state index is 2.48.